The van der Waals surface area contributed by atoms with E-state index in [1.54, 1.807) is 18.5 Å². The van der Waals surface area contributed by atoms with Crippen molar-refractivity contribution in [1.82, 2.24) is 4.98 Å². The average Bonchev–Trinajstić information content (AvgIpc) is 2.52. The Hall–Kier alpha value is -2.62. The molecule has 1 aromatic carbocycles. The molecule has 0 saturated heterocycles. The van der Waals surface area contributed by atoms with Crippen LogP contribution in [0.1, 0.15) is 5.56 Å². The van der Waals surface area contributed by atoms with Crippen LogP contribution in [0.4, 0.5) is 0 Å². The number of aromatic nitrogens is 1. The minimum absolute atomic E-state index is 0.217. The highest BCUT2D eigenvalue weighted by molar-refractivity contribution is 5.86. The van der Waals surface area contributed by atoms with Gasteiger partial charge in [0.15, 0.2) is 0 Å². The quantitative estimate of drug-likeness (QED) is 0.459. The van der Waals surface area contributed by atoms with E-state index in [1.807, 2.05) is 42.5 Å². The average molecular weight is 269 g/mol. The summed E-state index contributed by atoms with van der Waals surface area (Å²) >= 11 is 0. The Kier molecular flexibility index (Phi) is 5.34. The molecule has 0 amide bonds. The lowest BCUT2D eigenvalue weighted by Crippen LogP contribution is -2.10. The predicted molar refractivity (Wildman–Crippen MR) is 76.2 cm³/mol. The third-order valence-electron chi connectivity index (χ3n) is 2.46. The lowest BCUT2D eigenvalue weighted by molar-refractivity contribution is -0.138. The first-order valence-corrected chi connectivity index (χ1v) is 6.27. The predicted octanol–water partition coefficient (Wildman–Crippen LogP) is 2.72. The van der Waals surface area contributed by atoms with Gasteiger partial charge in [0.2, 0.25) is 0 Å². The fourth-order valence-corrected chi connectivity index (χ4v) is 1.51. The highest BCUT2D eigenvalue weighted by Gasteiger charge is 1.97. The van der Waals surface area contributed by atoms with Gasteiger partial charge in [-0.1, -0.05) is 18.2 Å². The third-order valence-corrected chi connectivity index (χ3v) is 2.46. The number of ether oxygens (including phenoxy) is 2. The van der Waals surface area contributed by atoms with Crippen LogP contribution >= 0.6 is 0 Å². The highest BCUT2D eigenvalue weighted by Crippen LogP contribution is 2.07. The monoisotopic (exact) mass is 269 g/mol. The van der Waals surface area contributed by atoms with Gasteiger partial charge in [0.25, 0.3) is 0 Å². The van der Waals surface area contributed by atoms with Gasteiger partial charge >= 0.3 is 5.97 Å². The molecule has 0 unspecified atom stereocenters. The number of esters is 1. The maximum atomic E-state index is 11.4. The first-order chi connectivity index (χ1) is 9.84. The number of hydrogen-bond donors (Lipinski definition) is 0. The summed E-state index contributed by atoms with van der Waals surface area (Å²) in [6.07, 6.45) is 6.40. The molecule has 0 aliphatic rings. The van der Waals surface area contributed by atoms with Crippen LogP contribution in [0.2, 0.25) is 0 Å². The molecule has 0 atom stereocenters. The van der Waals surface area contributed by atoms with Crippen molar-refractivity contribution >= 4 is 12.0 Å². The first-order valence-electron chi connectivity index (χ1n) is 6.27. The van der Waals surface area contributed by atoms with E-state index < -0.39 is 5.97 Å². The van der Waals surface area contributed by atoms with Crippen LogP contribution in [0.15, 0.2) is 60.9 Å². The summed E-state index contributed by atoms with van der Waals surface area (Å²) in [6, 6.07) is 13.0. The zero-order valence-corrected chi connectivity index (χ0v) is 10.9. The van der Waals surface area contributed by atoms with Crippen molar-refractivity contribution in [3.05, 3.63) is 66.5 Å². The molecule has 1 heterocycles. The summed E-state index contributed by atoms with van der Waals surface area (Å²) in [5.74, 6) is 0.370. The fourth-order valence-electron chi connectivity index (χ4n) is 1.51. The molecule has 1 aromatic heterocycles. The Labute approximate surface area is 117 Å². The molecule has 20 heavy (non-hydrogen) atoms. The molecule has 4 nitrogen and oxygen atoms in total. The molecular formula is C16H15NO3. The van der Waals surface area contributed by atoms with E-state index in [0.717, 1.165) is 11.3 Å². The molecular weight excluding hydrogens is 254 g/mol. The van der Waals surface area contributed by atoms with Crippen molar-refractivity contribution in [1.29, 1.82) is 0 Å². The molecule has 0 aliphatic carbocycles. The van der Waals surface area contributed by atoms with Crippen LogP contribution in [-0.2, 0) is 9.53 Å². The topological polar surface area (TPSA) is 48.4 Å². The molecule has 0 aliphatic heterocycles. The summed E-state index contributed by atoms with van der Waals surface area (Å²) in [5, 5.41) is 0. The molecule has 0 spiro atoms. The Morgan fingerprint density at radius 1 is 1.05 bits per heavy atom. The number of hydrogen-bond acceptors (Lipinski definition) is 4. The molecule has 0 N–H and O–H groups in total. The van der Waals surface area contributed by atoms with Gasteiger partial charge in [-0.3, -0.25) is 4.98 Å². The van der Waals surface area contributed by atoms with Gasteiger partial charge in [-0.25, -0.2) is 4.79 Å². The second-order valence-corrected chi connectivity index (χ2v) is 3.94. The van der Waals surface area contributed by atoms with Crippen molar-refractivity contribution in [3.8, 4) is 5.75 Å². The van der Waals surface area contributed by atoms with E-state index in [9.17, 15) is 4.79 Å². The van der Waals surface area contributed by atoms with Gasteiger partial charge in [0, 0.05) is 18.5 Å². The summed E-state index contributed by atoms with van der Waals surface area (Å²) in [7, 11) is 0. The maximum Gasteiger partial charge on any atom is 0.330 e. The van der Waals surface area contributed by atoms with Crippen molar-refractivity contribution in [2.75, 3.05) is 13.2 Å². The second kappa shape index (κ2) is 7.74. The van der Waals surface area contributed by atoms with E-state index in [2.05, 4.69) is 4.98 Å². The van der Waals surface area contributed by atoms with Gasteiger partial charge in [0.05, 0.1) is 0 Å². The van der Waals surface area contributed by atoms with Gasteiger partial charge in [-0.05, 0) is 35.9 Å². The van der Waals surface area contributed by atoms with E-state index in [0.29, 0.717) is 6.61 Å². The third kappa shape index (κ3) is 4.94. The van der Waals surface area contributed by atoms with Gasteiger partial charge < -0.3 is 9.47 Å². The van der Waals surface area contributed by atoms with E-state index >= 15 is 0 Å². The van der Waals surface area contributed by atoms with Crippen LogP contribution in [0.25, 0.3) is 6.08 Å². The first kappa shape index (κ1) is 13.8. The smallest absolute Gasteiger partial charge is 0.330 e. The summed E-state index contributed by atoms with van der Waals surface area (Å²) in [6.45, 7) is 0.549. The lowest BCUT2D eigenvalue weighted by Gasteiger charge is -2.05. The number of pyridine rings is 1. The number of rotatable bonds is 6. The minimum atomic E-state index is -0.390. The molecule has 0 fully saturated rings. The molecule has 0 saturated carbocycles. The van der Waals surface area contributed by atoms with E-state index in [4.69, 9.17) is 9.47 Å². The number of carbonyl (C=O) groups excluding carboxylic acids is 1. The molecule has 2 rings (SSSR count). The van der Waals surface area contributed by atoms with Gasteiger partial charge in [-0.2, -0.15) is 0 Å². The second-order valence-electron chi connectivity index (χ2n) is 3.94. The van der Waals surface area contributed by atoms with Gasteiger partial charge in [0.1, 0.15) is 19.0 Å². The maximum absolute atomic E-state index is 11.4. The zero-order valence-electron chi connectivity index (χ0n) is 10.9. The van der Waals surface area contributed by atoms with Gasteiger partial charge in [-0.15, -0.1) is 0 Å². The standard InChI is InChI=1S/C16H15NO3/c18-16(7-6-14-8-10-17-11-9-14)20-13-12-19-15-4-2-1-3-5-15/h1-11H,12-13H2. The summed E-state index contributed by atoms with van der Waals surface area (Å²) in [4.78, 5) is 15.3. The summed E-state index contributed by atoms with van der Waals surface area (Å²) in [5.41, 5.74) is 0.900. The molecule has 102 valence electrons. The lowest BCUT2D eigenvalue weighted by atomic mass is 10.2. The van der Waals surface area contributed by atoms with Crippen molar-refractivity contribution in [2.24, 2.45) is 0 Å². The molecule has 0 bridgehead atoms. The Bertz CT molecular complexity index is 552. The fraction of sp³-hybridized carbons (Fsp3) is 0.125. The van der Waals surface area contributed by atoms with Crippen LogP contribution in [0.3, 0.4) is 0 Å². The van der Waals surface area contributed by atoms with Crippen LogP contribution in [0.5, 0.6) is 5.75 Å². The number of carbonyl (C=O) groups is 1. The molecule has 0 radical (unpaired) electrons. The van der Waals surface area contributed by atoms with Crippen LogP contribution < -0.4 is 4.74 Å². The largest absolute Gasteiger partial charge is 0.490 e. The van der Waals surface area contributed by atoms with Crippen LogP contribution in [-0.4, -0.2) is 24.2 Å². The minimum Gasteiger partial charge on any atom is -0.490 e. The van der Waals surface area contributed by atoms with E-state index in [1.165, 1.54) is 6.08 Å². The Balaban J connectivity index is 1.67. The van der Waals surface area contributed by atoms with Crippen molar-refractivity contribution in [2.45, 2.75) is 0 Å². The molecule has 2 aromatic rings. The number of nitrogens with zero attached hydrogens (tertiary/aromatic N) is 1. The highest BCUT2D eigenvalue weighted by atomic mass is 16.6. The number of benzene rings is 1. The van der Waals surface area contributed by atoms with Crippen LogP contribution in [0, 0.1) is 0 Å². The van der Waals surface area contributed by atoms with Crippen molar-refractivity contribution in [3.63, 3.8) is 0 Å². The zero-order chi connectivity index (χ0) is 14.0. The SMILES string of the molecule is O=C(C=Cc1ccncc1)OCCOc1ccccc1. The molecule has 4 heteroatoms. The van der Waals surface area contributed by atoms with Crippen molar-refractivity contribution < 1.29 is 14.3 Å². The summed E-state index contributed by atoms with van der Waals surface area (Å²) < 4.78 is 10.4. The Morgan fingerprint density at radius 2 is 1.80 bits per heavy atom. The Morgan fingerprint density at radius 3 is 2.55 bits per heavy atom. The normalized spacial score (nSPS) is 10.4. The number of para-hydroxylation sites is 1. The van der Waals surface area contributed by atoms with E-state index in [-0.39, 0.29) is 6.61 Å².